The summed E-state index contributed by atoms with van der Waals surface area (Å²) in [6, 6.07) is 0. The highest BCUT2D eigenvalue weighted by Crippen LogP contribution is 2.11. The zero-order chi connectivity index (χ0) is 10.2. The molecule has 0 saturated carbocycles. The molecule has 13 heavy (non-hydrogen) atoms. The van der Waals surface area contributed by atoms with Crippen LogP contribution in [0.25, 0.3) is 0 Å². The molecule has 0 unspecified atom stereocenters. The minimum absolute atomic E-state index is 0.215. The number of rotatable bonds is 8. The Morgan fingerprint density at radius 1 is 1.23 bits per heavy atom. The molecule has 80 valence electrons. The van der Waals surface area contributed by atoms with E-state index in [2.05, 4.69) is 5.32 Å². The van der Waals surface area contributed by atoms with Crippen LogP contribution in [0, 0.1) is 0 Å². The summed E-state index contributed by atoms with van der Waals surface area (Å²) < 4.78 is 35.1. The predicted molar refractivity (Wildman–Crippen MR) is 46.2 cm³/mol. The number of alkyl halides is 2. The van der Waals surface area contributed by atoms with Crippen molar-refractivity contribution in [3.63, 3.8) is 0 Å². The Hall–Kier alpha value is -0.260. The fourth-order valence-electron chi connectivity index (χ4n) is 0.793. The average molecular weight is 197 g/mol. The third kappa shape index (κ3) is 8.08. The summed E-state index contributed by atoms with van der Waals surface area (Å²) in [6.07, 6.45) is 0. The van der Waals surface area contributed by atoms with Crippen molar-refractivity contribution >= 4 is 0 Å². The number of halogens is 2. The van der Waals surface area contributed by atoms with E-state index in [9.17, 15) is 8.78 Å². The molecule has 0 heterocycles. The van der Waals surface area contributed by atoms with Gasteiger partial charge in [0.15, 0.2) is 0 Å². The van der Waals surface area contributed by atoms with Gasteiger partial charge in [-0.25, -0.2) is 8.78 Å². The van der Waals surface area contributed by atoms with Crippen LogP contribution in [0.3, 0.4) is 0 Å². The van der Waals surface area contributed by atoms with Crippen molar-refractivity contribution in [2.75, 3.05) is 40.0 Å². The molecule has 0 rings (SSSR count). The molecule has 0 fully saturated rings. The maximum absolute atomic E-state index is 12.7. The zero-order valence-corrected chi connectivity index (χ0v) is 8.11. The van der Waals surface area contributed by atoms with Gasteiger partial charge in [0.05, 0.1) is 19.8 Å². The van der Waals surface area contributed by atoms with Crippen LogP contribution in [0.5, 0.6) is 0 Å². The Labute approximate surface area is 77.4 Å². The van der Waals surface area contributed by atoms with Crippen molar-refractivity contribution in [2.45, 2.75) is 12.8 Å². The summed E-state index contributed by atoms with van der Waals surface area (Å²) in [5, 5.41) is 2.40. The van der Waals surface area contributed by atoms with E-state index < -0.39 is 12.5 Å². The van der Waals surface area contributed by atoms with Gasteiger partial charge in [0.25, 0.3) is 5.92 Å². The second-order valence-electron chi connectivity index (χ2n) is 2.64. The monoisotopic (exact) mass is 197 g/mol. The van der Waals surface area contributed by atoms with Crippen molar-refractivity contribution in [1.29, 1.82) is 0 Å². The fourth-order valence-corrected chi connectivity index (χ4v) is 0.793. The molecule has 1 N–H and O–H groups in total. The highest BCUT2D eigenvalue weighted by molar-refractivity contribution is 4.66. The van der Waals surface area contributed by atoms with E-state index >= 15 is 0 Å². The largest absolute Gasteiger partial charge is 0.379 e. The van der Waals surface area contributed by atoms with Gasteiger partial charge in [0.1, 0.15) is 6.61 Å². The van der Waals surface area contributed by atoms with Gasteiger partial charge in [-0.05, 0) is 14.0 Å². The molecule has 0 aromatic carbocycles. The molecular weight excluding hydrogens is 180 g/mol. The quantitative estimate of drug-likeness (QED) is 0.586. The van der Waals surface area contributed by atoms with Gasteiger partial charge in [0, 0.05) is 6.61 Å². The van der Waals surface area contributed by atoms with Crippen molar-refractivity contribution in [2.24, 2.45) is 0 Å². The average Bonchev–Trinajstić information content (AvgIpc) is 2.04. The van der Waals surface area contributed by atoms with Crippen LogP contribution in [0.2, 0.25) is 0 Å². The highest BCUT2D eigenvalue weighted by atomic mass is 19.3. The van der Waals surface area contributed by atoms with E-state index in [1.54, 1.807) is 0 Å². The van der Waals surface area contributed by atoms with Crippen LogP contribution in [0.1, 0.15) is 6.92 Å². The second kappa shape index (κ2) is 7.17. The summed E-state index contributed by atoms with van der Waals surface area (Å²) in [7, 11) is 1.48. The van der Waals surface area contributed by atoms with Gasteiger partial charge < -0.3 is 14.8 Å². The first-order chi connectivity index (χ1) is 6.12. The molecule has 0 radical (unpaired) electrons. The van der Waals surface area contributed by atoms with E-state index in [1.807, 2.05) is 6.92 Å². The molecule has 0 bridgehead atoms. The summed E-state index contributed by atoms with van der Waals surface area (Å²) in [6.45, 7) is 2.09. The van der Waals surface area contributed by atoms with Gasteiger partial charge in [-0.3, -0.25) is 0 Å². The normalized spacial score (nSPS) is 12.0. The molecule has 3 nitrogen and oxygen atoms in total. The van der Waals surface area contributed by atoms with Gasteiger partial charge in [0.2, 0.25) is 0 Å². The molecule has 0 amide bonds. The van der Waals surface area contributed by atoms with Gasteiger partial charge in [-0.1, -0.05) is 0 Å². The lowest BCUT2D eigenvalue weighted by molar-refractivity contribution is -0.0817. The molecule has 5 heteroatoms. The zero-order valence-electron chi connectivity index (χ0n) is 8.11. The van der Waals surface area contributed by atoms with Crippen LogP contribution < -0.4 is 5.32 Å². The number of hydrogen-bond acceptors (Lipinski definition) is 3. The summed E-state index contributed by atoms with van der Waals surface area (Å²) in [4.78, 5) is 0. The number of ether oxygens (including phenoxy) is 2. The van der Waals surface area contributed by atoms with Gasteiger partial charge in [-0.15, -0.1) is 0 Å². The van der Waals surface area contributed by atoms with E-state index in [-0.39, 0.29) is 13.2 Å². The first kappa shape index (κ1) is 12.7. The molecule has 0 aliphatic rings. The van der Waals surface area contributed by atoms with Crippen molar-refractivity contribution in [3.05, 3.63) is 0 Å². The Balaban J connectivity index is 3.29. The van der Waals surface area contributed by atoms with Gasteiger partial charge in [-0.2, -0.15) is 0 Å². The molecular formula is C8H17F2NO2. The second-order valence-corrected chi connectivity index (χ2v) is 2.64. The van der Waals surface area contributed by atoms with E-state index in [4.69, 9.17) is 9.47 Å². The lowest BCUT2D eigenvalue weighted by atomic mass is 10.3. The van der Waals surface area contributed by atoms with Crippen LogP contribution >= 0.6 is 0 Å². The van der Waals surface area contributed by atoms with Crippen LogP contribution in [-0.2, 0) is 9.47 Å². The Morgan fingerprint density at radius 3 is 2.38 bits per heavy atom. The Morgan fingerprint density at radius 2 is 1.85 bits per heavy atom. The lowest BCUT2D eigenvalue weighted by Crippen LogP contribution is -2.35. The minimum Gasteiger partial charge on any atom is -0.379 e. The van der Waals surface area contributed by atoms with Crippen LogP contribution in [-0.4, -0.2) is 45.9 Å². The lowest BCUT2D eigenvalue weighted by Gasteiger charge is -2.15. The van der Waals surface area contributed by atoms with Crippen molar-refractivity contribution < 1.29 is 18.3 Å². The Kier molecular flexibility index (Phi) is 7.03. The number of hydrogen-bond donors (Lipinski definition) is 1. The van der Waals surface area contributed by atoms with Gasteiger partial charge >= 0.3 is 0 Å². The first-order valence-electron chi connectivity index (χ1n) is 4.30. The van der Waals surface area contributed by atoms with Crippen molar-refractivity contribution in [1.82, 2.24) is 5.32 Å². The van der Waals surface area contributed by atoms with E-state index in [0.29, 0.717) is 13.2 Å². The van der Waals surface area contributed by atoms with Crippen molar-refractivity contribution in [3.8, 4) is 0 Å². The van der Waals surface area contributed by atoms with Crippen LogP contribution in [0.15, 0.2) is 0 Å². The van der Waals surface area contributed by atoms with Crippen LogP contribution in [0.4, 0.5) is 8.78 Å². The van der Waals surface area contributed by atoms with E-state index in [1.165, 1.54) is 7.05 Å². The SMILES string of the molecule is CCOCCOCC(F)(F)CNC. The molecule has 0 spiro atoms. The third-order valence-electron chi connectivity index (χ3n) is 1.32. The highest BCUT2D eigenvalue weighted by Gasteiger charge is 2.27. The smallest absolute Gasteiger partial charge is 0.283 e. The standard InChI is InChI=1S/C8H17F2NO2/c1-3-12-4-5-13-7-8(9,10)6-11-2/h11H,3-7H2,1-2H3. The maximum atomic E-state index is 12.7. The molecule has 0 aromatic rings. The molecule has 0 aliphatic heterocycles. The number of nitrogens with one attached hydrogen (secondary N) is 1. The summed E-state index contributed by atoms with van der Waals surface area (Å²) >= 11 is 0. The van der Waals surface area contributed by atoms with E-state index in [0.717, 1.165) is 0 Å². The molecule has 0 aliphatic carbocycles. The summed E-state index contributed by atoms with van der Waals surface area (Å²) in [5.74, 6) is -2.79. The fraction of sp³-hybridized carbons (Fsp3) is 1.00. The maximum Gasteiger partial charge on any atom is 0.283 e. The first-order valence-corrected chi connectivity index (χ1v) is 4.30. The molecule has 0 saturated heterocycles. The summed E-state index contributed by atoms with van der Waals surface area (Å²) in [5.41, 5.74) is 0. The molecule has 0 aromatic heterocycles. The topological polar surface area (TPSA) is 30.5 Å². The molecule has 0 atom stereocenters. The third-order valence-corrected chi connectivity index (χ3v) is 1.32. The Bertz CT molecular complexity index is 123. The predicted octanol–water partition coefficient (Wildman–Crippen LogP) is 0.894. The minimum atomic E-state index is -2.79.